The number of nitrogens with one attached hydrogen (secondary N) is 1. The fourth-order valence-corrected chi connectivity index (χ4v) is 4.09. The molecule has 1 aromatic heterocycles. The average molecular weight is 437 g/mol. The normalized spacial score (nSPS) is 15.0. The SMILES string of the molecule is COc1ccc(NC(=O)N2CCn3cccc3[C@H]2c2ccc(OC)c(OC)c2)cc1OC. The summed E-state index contributed by atoms with van der Waals surface area (Å²) in [4.78, 5) is 15.2. The van der Waals surface area contributed by atoms with Crippen LogP contribution in [-0.2, 0) is 6.54 Å². The fourth-order valence-electron chi connectivity index (χ4n) is 4.09. The molecule has 0 saturated heterocycles. The number of nitrogens with zero attached hydrogens (tertiary/aromatic N) is 2. The van der Waals surface area contributed by atoms with Crippen molar-refractivity contribution in [2.45, 2.75) is 12.6 Å². The highest BCUT2D eigenvalue weighted by atomic mass is 16.5. The van der Waals surface area contributed by atoms with Crippen LogP contribution >= 0.6 is 0 Å². The van der Waals surface area contributed by atoms with Crippen LogP contribution in [0.4, 0.5) is 10.5 Å². The van der Waals surface area contributed by atoms with Gasteiger partial charge in [-0.15, -0.1) is 0 Å². The summed E-state index contributed by atoms with van der Waals surface area (Å²) >= 11 is 0. The first kappa shape index (κ1) is 21.4. The third-order valence-electron chi connectivity index (χ3n) is 5.66. The maximum absolute atomic E-state index is 13.4. The minimum absolute atomic E-state index is 0.204. The van der Waals surface area contributed by atoms with E-state index in [9.17, 15) is 4.79 Å². The van der Waals surface area contributed by atoms with Crippen molar-refractivity contribution in [2.75, 3.05) is 40.3 Å². The number of hydrogen-bond acceptors (Lipinski definition) is 5. The van der Waals surface area contributed by atoms with Crippen molar-refractivity contribution < 1.29 is 23.7 Å². The van der Waals surface area contributed by atoms with Crippen LogP contribution < -0.4 is 24.3 Å². The Morgan fingerprint density at radius 1 is 0.844 bits per heavy atom. The molecule has 4 rings (SSSR count). The highest BCUT2D eigenvalue weighted by Crippen LogP contribution is 2.38. The highest BCUT2D eigenvalue weighted by molar-refractivity contribution is 5.90. The van der Waals surface area contributed by atoms with E-state index < -0.39 is 0 Å². The van der Waals surface area contributed by atoms with Crippen molar-refractivity contribution in [2.24, 2.45) is 0 Å². The molecule has 0 spiro atoms. The van der Waals surface area contributed by atoms with Crippen LogP contribution in [0.1, 0.15) is 17.3 Å². The molecule has 0 fully saturated rings. The first-order valence-corrected chi connectivity index (χ1v) is 10.3. The van der Waals surface area contributed by atoms with E-state index in [1.807, 2.05) is 41.4 Å². The molecule has 2 heterocycles. The zero-order valence-electron chi connectivity index (χ0n) is 18.6. The van der Waals surface area contributed by atoms with Crippen LogP contribution in [0.15, 0.2) is 54.7 Å². The number of carbonyl (C=O) groups excluding carboxylic acids is 1. The Bertz CT molecular complexity index is 1110. The lowest BCUT2D eigenvalue weighted by Crippen LogP contribution is -2.44. The van der Waals surface area contributed by atoms with E-state index in [4.69, 9.17) is 18.9 Å². The molecule has 3 aromatic rings. The Hall–Kier alpha value is -3.81. The van der Waals surface area contributed by atoms with E-state index in [1.165, 1.54) is 0 Å². The number of hydrogen-bond donors (Lipinski definition) is 1. The Labute approximate surface area is 187 Å². The van der Waals surface area contributed by atoms with Crippen LogP contribution in [0.2, 0.25) is 0 Å². The number of amides is 2. The molecule has 32 heavy (non-hydrogen) atoms. The minimum atomic E-state index is -0.279. The predicted octanol–water partition coefficient (Wildman–Crippen LogP) is 4.16. The smallest absolute Gasteiger partial charge is 0.322 e. The third kappa shape index (κ3) is 3.91. The van der Waals surface area contributed by atoms with Gasteiger partial charge in [-0.25, -0.2) is 4.79 Å². The van der Waals surface area contributed by atoms with Gasteiger partial charge >= 0.3 is 6.03 Å². The van der Waals surface area contributed by atoms with Crippen molar-refractivity contribution >= 4 is 11.7 Å². The molecule has 1 aliphatic rings. The summed E-state index contributed by atoms with van der Waals surface area (Å²) < 4.78 is 23.7. The Morgan fingerprint density at radius 3 is 2.19 bits per heavy atom. The van der Waals surface area contributed by atoms with E-state index in [0.29, 0.717) is 41.8 Å². The topological polar surface area (TPSA) is 74.2 Å². The summed E-state index contributed by atoms with van der Waals surface area (Å²) in [5.41, 5.74) is 2.59. The molecule has 1 aliphatic heterocycles. The molecule has 1 N–H and O–H groups in total. The van der Waals surface area contributed by atoms with Gasteiger partial charge in [0.25, 0.3) is 0 Å². The van der Waals surface area contributed by atoms with Gasteiger partial charge in [0.1, 0.15) is 0 Å². The lowest BCUT2D eigenvalue weighted by Gasteiger charge is -2.37. The van der Waals surface area contributed by atoms with E-state index in [0.717, 1.165) is 11.3 Å². The number of rotatable bonds is 6. The maximum Gasteiger partial charge on any atom is 0.322 e. The second kappa shape index (κ2) is 9.13. The molecule has 8 nitrogen and oxygen atoms in total. The van der Waals surface area contributed by atoms with E-state index in [2.05, 4.69) is 9.88 Å². The van der Waals surface area contributed by atoms with Crippen molar-refractivity contribution in [1.82, 2.24) is 9.47 Å². The first-order valence-electron chi connectivity index (χ1n) is 10.3. The zero-order chi connectivity index (χ0) is 22.7. The summed E-state index contributed by atoms with van der Waals surface area (Å²) in [6, 6.07) is 14.6. The van der Waals surface area contributed by atoms with Crippen molar-refractivity contribution in [3.8, 4) is 23.0 Å². The molecule has 0 saturated carbocycles. The number of urea groups is 1. The summed E-state index contributed by atoms with van der Waals surface area (Å²) in [6.07, 6.45) is 2.03. The number of fused-ring (bicyclic) bond motifs is 1. The van der Waals surface area contributed by atoms with Gasteiger partial charge in [-0.05, 0) is 42.0 Å². The maximum atomic E-state index is 13.4. The summed E-state index contributed by atoms with van der Waals surface area (Å²) in [5.74, 6) is 2.41. The van der Waals surface area contributed by atoms with Gasteiger partial charge in [0, 0.05) is 36.7 Å². The molecule has 0 aliphatic carbocycles. The van der Waals surface area contributed by atoms with Crippen LogP contribution in [0.5, 0.6) is 23.0 Å². The van der Waals surface area contributed by atoms with Crippen LogP contribution in [0.3, 0.4) is 0 Å². The van der Waals surface area contributed by atoms with Gasteiger partial charge in [-0.3, -0.25) is 0 Å². The lowest BCUT2D eigenvalue weighted by molar-refractivity contribution is 0.181. The molecular formula is C24H27N3O5. The molecule has 0 unspecified atom stereocenters. The number of anilines is 1. The quantitative estimate of drug-likeness (QED) is 0.627. The van der Waals surface area contributed by atoms with Gasteiger partial charge in [-0.1, -0.05) is 6.07 Å². The second-order valence-electron chi connectivity index (χ2n) is 7.34. The number of carbonyl (C=O) groups is 1. The van der Waals surface area contributed by atoms with Crippen molar-refractivity contribution in [3.05, 3.63) is 66.0 Å². The first-order chi connectivity index (χ1) is 15.6. The largest absolute Gasteiger partial charge is 0.493 e. The number of methoxy groups -OCH3 is 4. The molecule has 2 amide bonds. The van der Waals surface area contributed by atoms with Gasteiger partial charge in [0.2, 0.25) is 0 Å². The number of benzene rings is 2. The Balaban J connectivity index is 1.67. The van der Waals surface area contributed by atoms with E-state index in [1.54, 1.807) is 46.6 Å². The average Bonchev–Trinajstić information content (AvgIpc) is 3.31. The van der Waals surface area contributed by atoms with Crippen molar-refractivity contribution in [3.63, 3.8) is 0 Å². The van der Waals surface area contributed by atoms with E-state index in [-0.39, 0.29) is 12.1 Å². The Kier molecular flexibility index (Phi) is 6.11. The zero-order valence-corrected chi connectivity index (χ0v) is 18.6. The van der Waals surface area contributed by atoms with Gasteiger partial charge in [-0.2, -0.15) is 0 Å². The van der Waals surface area contributed by atoms with Crippen LogP contribution in [-0.4, -0.2) is 50.5 Å². The van der Waals surface area contributed by atoms with Crippen LogP contribution in [0.25, 0.3) is 0 Å². The van der Waals surface area contributed by atoms with E-state index >= 15 is 0 Å². The van der Waals surface area contributed by atoms with Gasteiger partial charge < -0.3 is 33.7 Å². The second-order valence-corrected chi connectivity index (χ2v) is 7.34. The Morgan fingerprint density at radius 2 is 1.50 bits per heavy atom. The molecule has 8 heteroatoms. The third-order valence-corrected chi connectivity index (χ3v) is 5.66. The molecule has 0 radical (unpaired) electrons. The highest BCUT2D eigenvalue weighted by Gasteiger charge is 2.33. The lowest BCUT2D eigenvalue weighted by atomic mass is 9.99. The minimum Gasteiger partial charge on any atom is -0.493 e. The molecule has 168 valence electrons. The molecule has 0 bridgehead atoms. The summed E-state index contributed by atoms with van der Waals surface area (Å²) in [5, 5.41) is 3.00. The number of aromatic nitrogens is 1. The van der Waals surface area contributed by atoms with Gasteiger partial charge in [0.05, 0.1) is 34.5 Å². The predicted molar refractivity (Wildman–Crippen MR) is 121 cm³/mol. The van der Waals surface area contributed by atoms with Gasteiger partial charge in [0.15, 0.2) is 23.0 Å². The number of ether oxygens (including phenoxy) is 4. The monoisotopic (exact) mass is 437 g/mol. The van der Waals surface area contributed by atoms with Crippen LogP contribution in [0, 0.1) is 0 Å². The molecule has 1 atom stereocenters. The molecule has 2 aromatic carbocycles. The molecular weight excluding hydrogens is 410 g/mol. The summed E-state index contributed by atoms with van der Waals surface area (Å²) in [6.45, 7) is 1.27. The standard InChI is InChI=1S/C24H27N3O5/c1-29-19-9-7-16(14-21(19)31-3)23-18-6-5-11-26(18)12-13-27(23)24(28)25-17-8-10-20(30-2)22(15-17)32-4/h5-11,14-15,23H,12-13H2,1-4H3,(H,25,28)/t23-/m1/s1. The van der Waals surface area contributed by atoms with Crippen molar-refractivity contribution in [1.29, 1.82) is 0 Å². The fraction of sp³-hybridized carbons (Fsp3) is 0.292. The summed E-state index contributed by atoms with van der Waals surface area (Å²) in [7, 11) is 6.35.